The standard InChI is InChI=1S/C25H32N4O2/c1-2-24(27)25(30)29-15-3-13-28(16-17-29)14-4-18-31-23-11-9-22(10-12-23)21-7-5-20(19-26)6-8-21/h5-12,24H,2-4,13-18,27H2,1H3/t24-/m1/s1. The van der Waals surface area contributed by atoms with Crippen molar-refractivity contribution in [3.8, 4) is 22.9 Å². The van der Waals surface area contributed by atoms with Crippen LogP contribution in [0.4, 0.5) is 0 Å². The van der Waals surface area contributed by atoms with Crippen molar-refractivity contribution in [2.75, 3.05) is 39.3 Å². The largest absolute Gasteiger partial charge is 0.494 e. The second-order valence-corrected chi connectivity index (χ2v) is 7.95. The third kappa shape index (κ3) is 6.55. The van der Waals surface area contributed by atoms with Gasteiger partial charge in [0.1, 0.15) is 5.75 Å². The van der Waals surface area contributed by atoms with E-state index in [1.165, 1.54) is 0 Å². The molecular weight excluding hydrogens is 388 g/mol. The summed E-state index contributed by atoms with van der Waals surface area (Å²) >= 11 is 0. The number of carbonyl (C=O) groups excluding carboxylic acids is 1. The highest BCUT2D eigenvalue weighted by atomic mass is 16.5. The van der Waals surface area contributed by atoms with Crippen LogP contribution in [0.2, 0.25) is 0 Å². The molecule has 2 aromatic rings. The van der Waals surface area contributed by atoms with Crippen LogP contribution in [0, 0.1) is 11.3 Å². The summed E-state index contributed by atoms with van der Waals surface area (Å²) in [6.07, 6.45) is 2.62. The number of benzene rings is 2. The van der Waals surface area contributed by atoms with Crippen molar-refractivity contribution in [2.45, 2.75) is 32.2 Å². The molecule has 6 nitrogen and oxygen atoms in total. The molecule has 0 radical (unpaired) electrons. The molecule has 3 rings (SSSR count). The number of amides is 1. The molecule has 0 spiro atoms. The molecule has 0 aromatic heterocycles. The summed E-state index contributed by atoms with van der Waals surface area (Å²) < 4.78 is 5.91. The van der Waals surface area contributed by atoms with E-state index in [0.29, 0.717) is 18.6 Å². The summed E-state index contributed by atoms with van der Waals surface area (Å²) in [5.74, 6) is 0.940. The van der Waals surface area contributed by atoms with Crippen LogP contribution in [0.15, 0.2) is 48.5 Å². The van der Waals surface area contributed by atoms with Crippen molar-refractivity contribution in [2.24, 2.45) is 5.73 Å². The Kier molecular flexibility index (Phi) is 8.45. The number of rotatable bonds is 8. The van der Waals surface area contributed by atoms with Gasteiger partial charge in [0, 0.05) is 26.2 Å². The van der Waals surface area contributed by atoms with Crippen LogP contribution < -0.4 is 10.5 Å². The van der Waals surface area contributed by atoms with Gasteiger partial charge in [-0.2, -0.15) is 5.26 Å². The SMILES string of the molecule is CC[C@@H](N)C(=O)N1CCCN(CCCOc2ccc(-c3ccc(C#N)cc3)cc2)CC1. The molecule has 164 valence electrons. The van der Waals surface area contributed by atoms with Crippen LogP contribution in [0.3, 0.4) is 0 Å². The van der Waals surface area contributed by atoms with E-state index in [1.54, 1.807) is 0 Å². The van der Waals surface area contributed by atoms with Gasteiger partial charge in [0.2, 0.25) is 5.91 Å². The van der Waals surface area contributed by atoms with Crippen molar-refractivity contribution in [3.63, 3.8) is 0 Å². The number of nitrogens with two attached hydrogens (primary N) is 1. The average Bonchev–Trinajstić information content (AvgIpc) is 3.07. The molecule has 1 amide bonds. The minimum Gasteiger partial charge on any atom is -0.494 e. The second kappa shape index (κ2) is 11.5. The Balaban J connectivity index is 1.39. The van der Waals surface area contributed by atoms with Gasteiger partial charge in [-0.15, -0.1) is 0 Å². The lowest BCUT2D eigenvalue weighted by molar-refractivity contribution is -0.132. The van der Waals surface area contributed by atoms with Gasteiger partial charge in [-0.3, -0.25) is 4.79 Å². The maximum Gasteiger partial charge on any atom is 0.239 e. The van der Waals surface area contributed by atoms with E-state index in [4.69, 9.17) is 15.7 Å². The fourth-order valence-electron chi connectivity index (χ4n) is 3.78. The van der Waals surface area contributed by atoms with Crippen LogP contribution in [0.5, 0.6) is 5.75 Å². The van der Waals surface area contributed by atoms with Gasteiger partial charge >= 0.3 is 0 Å². The minimum atomic E-state index is -0.372. The van der Waals surface area contributed by atoms with E-state index in [1.807, 2.05) is 60.4 Å². The summed E-state index contributed by atoms with van der Waals surface area (Å²) in [6, 6.07) is 17.4. The molecule has 0 unspecified atom stereocenters. The highest BCUT2D eigenvalue weighted by molar-refractivity contribution is 5.81. The van der Waals surface area contributed by atoms with Crippen molar-refractivity contribution in [1.29, 1.82) is 5.26 Å². The van der Waals surface area contributed by atoms with Gasteiger partial charge in [0.05, 0.1) is 24.3 Å². The lowest BCUT2D eigenvalue weighted by Gasteiger charge is -2.24. The molecule has 6 heteroatoms. The van der Waals surface area contributed by atoms with Gasteiger partial charge in [0.15, 0.2) is 0 Å². The molecule has 0 saturated carbocycles. The molecule has 1 heterocycles. The van der Waals surface area contributed by atoms with E-state index in [9.17, 15) is 4.79 Å². The van der Waals surface area contributed by atoms with Crippen LogP contribution in [0.1, 0.15) is 31.7 Å². The summed E-state index contributed by atoms with van der Waals surface area (Å²) in [5.41, 5.74) is 8.75. The van der Waals surface area contributed by atoms with E-state index in [0.717, 1.165) is 62.4 Å². The van der Waals surface area contributed by atoms with Crippen LogP contribution in [-0.2, 0) is 4.79 Å². The number of carbonyl (C=O) groups is 1. The predicted molar refractivity (Wildman–Crippen MR) is 123 cm³/mol. The summed E-state index contributed by atoms with van der Waals surface area (Å²) in [5, 5.41) is 8.91. The summed E-state index contributed by atoms with van der Waals surface area (Å²) in [4.78, 5) is 16.6. The fraction of sp³-hybridized carbons (Fsp3) is 0.440. The Hall–Kier alpha value is -2.88. The third-order valence-electron chi connectivity index (χ3n) is 5.75. The van der Waals surface area contributed by atoms with E-state index in [-0.39, 0.29) is 11.9 Å². The van der Waals surface area contributed by atoms with Crippen molar-refractivity contribution >= 4 is 5.91 Å². The maximum atomic E-state index is 12.3. The number of hydrogen-bond acceptors (Lipinski definition) is 5. The van der Waals surface area contributed by atoms with Gasteiger partial charge in [-0.1, -0.05) is 31.2 Å². The molecule has 1 aliphatic rings. The van der Waals surface area contributed by atoms with Gasteiger partial charge in [-0.25, -0.2) is 0 Å². The molecule has 1 saturated heterocycles. The quantitative estimate of drug-likeness (QED) is 0.663. The van der Waals surface area contributed by atoms with Crippen molar-refractivity contribution in [1.82, 2.24) is 9.80 Å². The highest BCUT2D eigenvalue weighted by Crippen LogP contribution is 2.23. The van der Waals surface area contributed by atoms with Crippen molar-refractivity contribution in [3.05, 3.63) is 54.1 Å². The molecule has 0 bridgehead atoms. The van der Waals surface area contributed by atoms with Crippen molar-refractivity contribution < 1.29 is 9.53 Å². The first-order valence-corrected chi connectivity index (χ1v) is 11.1. The first-order chi connectivity index (χ1) is 15.1. The average molecular weight is 421 g/mol. The molecule has 1 atom stereocenters. The Morgan fingerprint density at radius 3 is 2.39 bits per heavy atom. The lowest BCUT2D eigenvalue weighted by atomic mass is 10.0. The Bertz CT molecular complexity index is 874. The third-order valence-corrected chi connectivity index (χ3v) is 5.75. The molecule has 1 aliphatic heterocycles. The number of nitrogens with zero attached hydrogens (tertiary/aromatic N) is 3. The van der Waals surface area contributed by atoms with E-state index < -0.39 is 0 Å². The smallest absolute Gasteiger partial charge is 0.239 e. The number of ether oxygens (including phenoxy) is 1. The summed E-state index contributed by atoms with van der Waals surface area (Å²) in [7, 11) is 0. The maximum absolute atomic E-state index is 12.3. The fourth-order valence-corrected chi connectivity index (χ4v) is 3.78. The van der Waals surface area contributed by atoms with Gasteiger partial charge in [0.25, 0.3) is 0 Å². The topological polar surface area (TPSA) is 82.6 Å². The highest BCUT2D eigenvalue weighted by Gasteiger charge is 2.22. The zero-order valence-corrected chi connectivity index (χ0v) is 18.3. The number of hydrogen-bond donors (Lipinski definition) is 1. The second-order valence-electron chi connectivity index (χ2n) is 7.95. The summed E-state index contributed by atoms with van der Waals surface area (Å²) in [6.45, 7) is 7.02. The van der Waals surface area contributed by atoms with E-state index in [2.05, 4.69) is 11.0 Å². The van der Waals surface area contributed by atoms with Crippen LogP contribution >= 0.6 is 0 Å². The van der Waals surface area contributed by atoms with Gasteiger partial charge in [-0.05, 0) is 61.2 Å². The first-order valence-electron chi connectivity index (χ1n) is 11.1. The molecular formula is C25H32N4O2. The molecule has 0 aliphatic carbocycles. The predicted octanol–water partition coefficient (Wildman–Crippen LogP) is 3.27. The first kappa shape index (κ1) is 22.8. The Morgan fingerprint density at radius 2 is 1.74 bits per heavy atom. The normalized spacial score (nSPS) is 15.7. The zero-order chi connectivity index (χ0) is 22.1. The molecule has 1 fully saturated rings. The van der Waals surface area contributed by atoms with Gasteiger partial charge < -0.3 is 20.3 Å². The Morgan fingerprint density at radius 1 is 1.06 bits per heavy atom. The lowest BCUT2D eigenvalue weighted by Crippen LogP contribution is -2.45. The van der Waals surface area contributed by atoms with Crippen LogP contribution in [0.25, 0.3) is 11.1 Å². The number of nitriles is 1. The molecule has 31 heavy (non-hydrogen) atoms. The van der Waals surface area contributed by atoms with Crippen LogP contribution in [-0.4, -0.2) is 61.1 Å². The zero-order valence-electron chi connectivity index (χ0n) is 18.3. The molecule has 2 N–H and O–H groups in total. The Labute approximate surface area is 185 Å². The minimum absolute atomic E-state index is 0.0807. The monoisotopic (exact) mass is 420 g/mol. The van der Waals surface area contributed by atoms with E-state index >= 15 is 0 Å². The molecule has 2 aromatic carbocycles.